The van der Waals surface area contributed by atoms with E-state index in [0.29, 0.717) is 13.0 Å². The summed E-state index contributed by atoms with van der Waals surface area (Å²) in [7, 11) is 0. The van der Waals surface area contributed by atoms with Gasteiger partial charge in [0.1, 0.15) is 0 Å². The molecule has 0 bridgehead atoms. The lowest BCUT2D eigenvalue weighted by molar-refractivity contribution is -0.156. The van der Waals surface area contributed by atoms with E-state index in [1.165, 1.54) is 11.8 Å². The predicted molar refractivity (Wildman–Crippen MR) is 101 cm³/mol. The van der Waals surface area contributed by atoms with Gasteiger partial charge < -0.3 is 20.1 Å². The molecule has 8 heteroatoms. The monoisotopic (exact) mass is 392 g/mol. The Balaban J connectivity index is 1.49. The summed E-state index contributed by atoms with van der Waals surface area (Å²) >= 11 is 1.33. The molecular weight excluding hydrogens is 368 g/mol. The number of hydrogen-bond acceptors (Lipinski definition) is 6. The highest BCUT2D eigenvalue weighted by Gasteiger charge is 2.31. The van der Waals surface area contributed by atoms with Gasteiger partial charge in [-0.3, -0.25) is 14.4 Å². The van der Waals surface area contributed by atoms with Gasteiger partial charge >= 0.3 is 5.97 Å². The lowest BCUT2D eigenvalue weighted by Gasteiger charge is -2.24. The van der Waals surface area contributed by atoms with Crippen molar-refractivity contribution in [1.29, 1.82) is 0 Å². The molecule has 27 heavy (non-hydrogen) atoms. The van der Waals surface area contributed by atoms with E-state index in [0.717, 1.165) is 30.0 Å². The largest absolute Gasteiger partial charge is 0.452 e. The molecule has 7 nitrogen and oxygen atoms in total. The molecule has 0 aromatic heterocycles. The Hall–Kier alpha value is -2.06. The van der Waals surface area contributed by atoms with Gasteiger partial charge in [-0.1, -0.05) is 19.1 Å². The highest BCUT2D eigenvalue weighted by atomic mass is 32.2. The van der Waals surface area contributed by atoms with Crippen LogP contribution in [-0.2, 0) is 23.9 Å². The van der Waals surface area contributed by atoms with Crippen molar-refractivity contribution in [2.45, 2.75) is 55.0 Å². The van der Waals surface area contributed by atoms with Crippen LogP contribution in [0.5, 0.6) is 0 Å². The first-order valence-electron chi connectivity index (χ1n) is 9.22. The number of carbonyl (C=O) groups is 3. The van der Waals surface area contributed by atoms with E-state index in [2.05, 4.69) is 10.6 Å². The van der Waals surface area contributed by atoms with Gasteiger partial charge in [0.2, 0.25) is 5.91 Å². The number of benzene rings is 1. The molecule has 3 rings (SSSR count). The molecular formula is C19H24N2O5S. The van der Waals surface area contributed by atoms with Crippen molar-refractivity contribution in [1.82, 2.24) is 5.32 Å². The first-order chi connectivity index (χ1) is 13.1. The summed E-state index contributed by atoms with van der Waals surface area (Å²) in [5.41, 5.74) is 0.747. The predicted octanol–water partition coefficient (Wildman–Crippen LogP) is 2.11. The van der Waals surface area contributed by atoms with Gasteiger partial charge in [-0.25, -0.2) is 0 Å². The van der Waals surface area contributed by atoms with E-state index in [-0.39, 0.29) is 24.3 Å². The van der Waals surface area contributed by atoms with Crippen molar-refractivity contribution < 1.29 is 23.9 Å². The number of nitrogens with one attached hydrogen (secondary N) is 2. The summed E-state index contributed by atoms with van der Waals surface area (Å²) in [4.78, 5) is 37.7. The van der Waals surface area contributed by atoms with Crippen molar-refractivity contribution in [3.8, 4) is 0 Å². The Morgan fingerprint density at radius 1 is 1.41 bits per heavy atom. The third kappa shape index (κ3) is 5.23. The molecule has 1 aromatic carbocycles. The van der Waals surface area contributed by atoms with E-state index in [1.54, 1.807) is 6.92 Å². The molecule has 1 aromatic rings. The van der Waals surface area contributed by atoms with E-state index in [4.69, 9.17) is 9.47 Å². The number of esters is 1. The highest BCUT2D eigenvalue weighted by molar-refractivity contribution is 8.01. The molecule has 0 unspecified atom stereocenters. The second kappa shape index (κ2) is 9.23. The van der Waals surface area contributed by atoms with Crippen molar-refractivity contribution in [2.75, 3.05) is 18.5 Å². The number of hydrogen-bond donors (Lipinski definition) is 2. The van der Waals surface area contributed by atoms with Gasteiger partial charge in [0.05, 0.1) is 23.5 Å². The number of para-hydroxylation sites is 1. The molecule has 146 valence electrons. The van der Waals surface area contributed by atoms with E-state index in [9.17, 15) is 14.4 Å². The molecule has 2 amide bonds. The van der Waals surface area contributed by atoms with Crippen molar-refractivity contribution in [3.05, 3.63) is 24.3 Å². The Bertz CT molecular complexity index is 705. The van der Waals surface area contributed by atoms with Crippen LogP contribution in [0.4, 0.5) is 5.69 Å². The van der Waals surface area contributed by atoms with Crippen molar-refractivity contribution >= 4 is 35.2 Å². The number of thioether (sulfide) groups is 1. The summed E-state index contributed by atoms with van der Waals surface area (Å²) in [6.07, 6.45) is 1.38. The molecule has 2 N–H and O–H groups in total. The van der Waals surface area contributed by atoms with E-state index >= 15 is 0 Å². The van der Waals surface area contributed by atoms with E-state index in [1.807, 2.05) is 24.3 Å². The molecule has 0 radical (unpaired) electrons. The maximum atomic E-state index is 12.3. The fraction of sp³-hybridized carbons (Fsp3) is 0.526. The van der Waals surface area contributed by atoms with Crippen LogP contribution in [0.15, 0.2) is 29.2 Å². The zero-order valence-electron chi connectivity index (χ0n) is 15.2. The first kappa shape index (κ1) is 19.7. The summed E-state index contributed by atoms with van der Waals surface area (Å²) in [5.74, 6) is -1.11. The first-order valence-corrected chi connectivity index (χ1v) is 10.1. The maximum Gasteiger partial charge on any atom is 0.308 e. The molecule has 2 heterocycles. The lowest BCUT2D eigenvalue weighted by Crippen LogP contribution is -2.41. The minimum atomic E-state index is -0.858. The lowest BCUT2D eigenvalue weighted by atomic mass is 10.2. The number of rotatable bonds is 7. The number of amides is 2. The average molecular weight is 392 g/mol. The second-order valence-electron chi connectivity index (χ2n) is 6.56. The fourth-order valence-electron chi connectivity index (χ4n) is 3.04. The quantitative estimate of drug-likeness (QED) is 0.691. The van der Waals surface area contributed by atoms with Crippen LogP contribution >= 0.6 is 11.8 Å². The smallest absolute Gasteiger partial charge is 0.308 e. The zero-order valence-corrected chi connectivity index (χ0v) is 16.1. The Morgan fingerprint density at radius 2 is 2.22 bits per heavy atom. The molecule has 3 atom stereocenters. The SMILES string of the molecule is CC[C@@H](OC(=O)C[C@H]1Sc2ccccc2NC1=O)C(=O)NC[C@@H]1CCCO1. The Labute approximate surface area is 162 Å². The third-order valence-corrected chi connectivity index (χ3v) is 5.80. The number of carbonyl (C=O) groups excluding carboxylic acids is 3. The summed E-state index contributed by atoms with van der Waals surface area (Å²) in [5, 5.41) is 5.01. The van der Waals surface area contributed by atoms with Crippen molar-refractivity contribution in [3.63, 3.8) is 0 Å². The minimum Gasteiger partial charge on any atom is -0.452 e. The molecule has 0 spiro atoms. The summed E-state index contributed by atoms with van der Waals surface area (Å²) < 4.78 is 10.8. The molecule has 2 aliphatic rings. The fourth-order valence-corrected chi connectivity index (χ4v) is 4.14. The van der Waals surface area contributed by atoms with Crippen molar-refractivity contribution in [2.24, 2.45) is 0 Å². The normalized spacial score (nSPS) is 22.5. The second-order valence-corrected chi connectivity index (χ2v) is 7.81. The zero-order chi connectivity index (χ0) is 19.2. The van der Waals surface area contributed by atoms with Crippen LogP contribution in [0, 0.1) is 0 Å². The van der Waals surface area contributed by atoms with Gasteiger partial charge in [-0.15, -0.1) is 11.8 Å². The Kier molecular flexibility index (Phi) is 6.73. The third-order valence-electron chi connectivity index (χ3n) is 4.52. The molecule has 0 saturated carbocycles. The topological polar surface area (TPSA) is 93.7 Å². The molecule has 1 saturated heterocycles. The molecule has 2 aliphatic heterocycles. The van der Waals surface area contributed by atoms with Crippen LogP contribution in [0.2, 0.25) is 0 Å². The molecule has 0 aliphatic carbocycles. The van der Waals surface area contributed by atoms with Crippen LogP contribution in [0.3, 0.4) is 0 Å². The summed E-state index contributed by atoms with van der Waals surface area (Å²) in [6.45, 7) is 2.92. The van der Waals surface area contributed by atoms with Crippen LogP contribution in [0.1, 0.15) is 32.6 Å². The standard InChI is InChI=1S/C19H24N2O5S/c1-2-14(18(23)20-11-12-6-5-9-25-12)26-17(22)10-16-19(24)21-13-7-3-4-8-15(13)27-16/h3-4,7-8,12,14,16H,2,5-6,9-11H2,1H3,(H,20,23)(H,21,24)/t12-,14+,16+/m0/s1. The number of anilines is 1. The van der Waals surface area contributed by atoms with Crippen LogP contribution in [-0.4, -0.2) is 48.4 Å². The maximum absolute atomic E-state index is 12.3. The molecule has 1 fully saturated rings. The minimum absolute atomic E-state index is 0.0320. The van der Waals surface area contributed by atoms with Gasteiger partial charge in [0, 0.05) is 18.0 Å². The van der Waals surface area contributed by atoms with Crippen LogP contribution in [0.25, 0.3) is 0 Å². The Morgan fingerprint density at radius 3 is 2.96 bits per heavy atom. The highest BCUT2D eigenvalue weighted by Crippen LogP contribution is 2.36. The summed E-state index contributed by atoms with van der Waals surface area (Å²) in [6, 6.07) is 7.44. The number of ether oxygens (including phenoxy) is 2. The van der Waals surface area contributed by atoms with E-state index < -0.39 is 17.3 Å². The number of fused-ring (bicyclic) bond motifs is 1. The van der Waals surface area contributed by atoms with Gasteiger partial charge in [0.25, 0.3) is 5.91 Å². The van der Waals surface area contributed by atoms with Gasteiger partial charge in [-0.05, 0) is 31.4 Å². The van der Waals surface area contributed by atoms with Gasteiger partial charge in [0.15, 0.2) is 6.10 Å². The van der Waals surface area contributed by atoms with Gasteiger partial charge in [-0.2, -0.15) is 0 Å². The van der Waals surface area contributed by atoms with Crippen LogP contribution < -0.4 is 10.6 Å². The average Bonchev–Trinajstić information content (AvgIpc) is 3.18.